The van der Waals surface area contributed by atoms with E-state index in [4.69, 9.17) is 51.1 Å². The summed E-state index contributed by atoms with van der Waals surface area (Å²) in [5, 5.41) is 1.94. The van der Waals surface area contributed by atoms with E-state index >= 15 is 0 Å². The third kappa shape index (κ3) is 3.46. The highest BCUT2D eigenvalue weighted by molar-refractivity contribution is 6.55. The number of hydrogen-bond donors (Lipinski definition) is 1. The zero-order valence-corrected chi connectivity index (χ0v) is 16.6. The van der Waals surface area contributed by atoms with Gasteiger partial charge in [-0.3, -0.25) is 19.3 Å². The molecule has 3 amide bonds. The Morgan fingerprint density at radius 3 is 2.07 bits per heavy atom. The summed E-state index contributed by atoms with van der Waals surface area (Å²) in [5.41, 5.74) is 0.101. The van der Waals surface area contributed by atoms with E-state index in [0.29, 0.717) is 11.4 Å². The number of amides is 3. The van der Waals surface area contributed by atoms with Crippen molar-refractivity contribution in [3.63, 3.8) is 0 Å². The molecule has 10 heteroatoms. The van der Waals surface area contributed by atoms with E-state index in [-0.39, 0.29) is 31.2 Å². The summed E-state index contributed by atoms with van der Waals surface area (Å²) in [6.07, 6.45) is 0. The fourth-order valence-corrected chi connectivity index (χ4v) is 3.60. The molecule has 0 spiro atoms. The lowest BCUT2D eigenvalue weighted by Crippen LogP contribution is -2.37. The average Bonchev–Trinajstić information content (AvgIpc) is 2.89. The molecule has 0 unspecified atom stereocenters. The second-order valence-electron chi connectivity index (χ2n) is 5.48. The lowest BCUT2D eigenvalue weighted by Gasteiger charge is -2.14. The number of nitrogens with zero attached hydrogens (tertiary/aromatic N) is 1. The number of fused-ring (bicyclic) bond motifs is 1. The van der Waals surface area contributed by atoms with Gasteiger partial charge in [-0.15, -0.1) is 0 Å². The fourth-order valence-electron chi connectivity index (χ4n) is 2.58. The summed E-state index contributed by atoms with van der Waals surface area (Å²) in [6.45, 7) is -0.536. The monoisotopic (exact) mass is 446 g/mol. The second kappa shape index (κ2) is 7.56. The molecule has 1 N–H and O–H groups in total. The molecule has 6 nitrogen and oxygen atoms in total. The second-order valence-corrected chi connectivity index (χ2v) is 6.99. The van der Waals surface area contributed by atoms with Gasteiger partial charge in [0.15, 0.2) is 0 Å². The van der Waals surface area contributed by atoms with Crippen molar-refractivity contribution < 1.29 is 19.1 Å². The number of halogens is 4. The highest BCUT2D eigenvalue weighted by Gasteiger charge is 2.42. The van der Waals surface area contributed by atoms with Crippen molar-refractivity contribution in [3.05, 3.63) is 55.5 Å². The molecule has 0 saturated carbocycles. The highest BCUT2D eigenvalue weighted by Crippen LogP contribution is 2.44. The summed E-state index contributed by atoms with van der Waals surface area (Å²) in [7, 11) is 1.49. The summed E-state index contributed by atoms with van der Waals surface area (Å²) in [5.74, 6) is -1.61. The van der Waals surface area contributed by atoms with Gasteiger partial charge < -0.3 is 10.1 Å². The van der Waals surface area contributed by atoms with E-state index in [9.17, 15) is 14.4 Å². The van der Waals surface area contributed by atoms with Crippen molar-refractivity contribution >= 4 is 69.8 Å². The molecule has 0 radical (unpaired) electrons. The van der Waals surface area contributed by atoms with Crippen LogP contribution in [0.25, 0.3) is 0 Å². The Hall–Kier alpha value is -1.99. The van der Waals surface area contributed by atoms with E-state index in [1.165, 1.54) is 7.11 Å². The molecule has 1 heterocycles. The quantitative estimate of drug-likeness (QED) is 0.424. The highest BCUT2D eigenvalue weighted by atomic mass is 35.5. The van der Waals surface area contributed by atoms with Gasteiger partial charge in [0.1, 0.15) is 12.3 Å². The molecule has 0 aliphatic carbocycles. The molecule has 27 heavy (non-hydrogen) atoms. The van der Waals surface area contributed by atoms with Crippen molar-refractivity contribution in [2.45, 2.75) is 0 Å². The van der Waals surface area contributed by atoms with Crippen LogP contribution in [0.2, 0.25) is 20.1 Å². The minimum absolute atomic E-state index is 0.133. The zero-order valence-electron chi connectivity index (χ0n) is 13.6. The molecule has 2 aromatic rings. The van der Waals surface area contributed by atoms with Gasteiger partial charge in [0.05, 0.1) is 38.3 Å². The van der Waals surface area contributed by atoms with Crippen LogP contribution in [-0.2, 0) is 4.79 Å². The van der Waals surface area contributed by atoms with Gasteiger partial charge in [0.25, 0.3) is 11.8 Å². The Balaban J connectivity index is 1.85. The number of methoxy groups -OCH3 is 1. The molecule has 0 bridgehead atoms. The van der Waals surface area contributed by atoms with Crippen LogP contribution in [0.1, 0.15) is 20.7 Å². The van der Waals surface area contributed by atoms with Crippen LogP contribution in [0.3, 0.4) is 0 Å². The summed E-state index contributed by atoms with van der Waals surface area (Å²) in [4.78, 5) is 38.2. The van der Waals surface area contributed by atoms with Gasteiger partial charge in [0, 0.05) is 11.8 Å². The number of carbonyl (C=O) groups is 3. The lowest BCUT2D eigenvalue weighted by molar-refractivity contribution is -0.116. The van der Waals surface area contributed by atoms with E-state index in [2.05, 4.69) is 5.32 Å². The molecule has 0 saturated heterocycles. The average molecular weight is 448 g/mol. The maximum absolute atomic E-state index is 12.6. The van der Waals surface area contributed by atoms with Crippen molar-refractivity contribution in [2.75, 3.05) is 19.0 Å². The molecule has 0 aromatic heterocycles. The Bertz CT molecular complexity index is 946. The van der Waals surface area contributed by atoms with Crippen LogP contribution in [0.4, 0.5) is 5.69 Å². The van der Waals surface area contributed by atoms with Crippen molar-refractivity contribution in [1.29, 1.82) is 0 Å². The number of benzene rings is 2. The van der Waals surface area contributed by atoms with Crippen LogP contribution >= 0.6 is 46.4 Å². The summed E-state index contributed by atoms with van der Waals surface area (Å²) >= 11 is 24.0. The molecule has 1 aliphatic heterocycles. The first-order chi connectivity index (χ1) is 12.8. The van der Waals surface area contributed by atoms with E-state index < -0.39 is 24.3 Å². The number of imide groups is 1. The maximum atomic E-state index is 12.6. The Labute approximate surface area is 173 Å². The van der Waals surface area contributed by atoms with Gasteiger partial charge in [0.2, 0.25) is 5.91 Å². The Morgan fingerprint density at radius 1 is 1.00 bits per heavy atom. The maximum Gasteiger partial charge on any atom is 0.263 e. The number of carbonyl (C=O) groups excluding carboxylic acids is 3. The molecule has 1 aliphatic rings. The van der Waals surface area contributed by atoms with Crippen molar-refractivity contribution in [3.8, 4) is 5.75 Å². The minimum Gasteiger partial charge on any atom is -0.497 e. The van der Waals surface area contributed by atoms with Crippen LogP contribution in [0.5, 0.6) is 5.75 Å². The predicted octanol–water partition coefficient (Wildman–Crippen LogP) is 4.54. The van der Waals surface area contributed by atoms with E-state index in [1.54, 1.807) is 24.3 Å². The van der Waals surface area contributed by atoms with Crippen molar-refractivity contribution in [1.82, 2.24) is 4.90 Å². The van der Waals surface area contributed by atoms with E-state index in [0.717, 1.165) is 4.90 Å². The SMILES string of the molecule is COc1cccc(NC(=O)CN2C(=O)c3c(Cl)c(Cl)c(Cl)c(Cl)c3C2=O)c1. The lowest BCUT2D eigenvalue weighted by atomic mass is 10.1. The number of nitrogens with one attached hydrogen (secondary N) is 1. The first-order valence-corrected chi connectivity index (χ1v) is 8.93. The molecule has 0 atom stereocenters. The first-order valence-electron chi connectivity index (χ1n) is 7.42. The third-order valence-corrected chi connectivity index (χ3v) is 5.64. The Kier molecular flexibility index (Phi) is 5.53. The van der Waals surface area contributed by atoms with E-state index in [1.807, 2.05) is 0 Å². The topological polar surface area (TPSA) is 75.7 Å². The molecular formula is C17H10Cl4N2O4. The minimum atomic E-state index is -0.777. The molecule has 3 rings (SSSR count). The smallest absolute Gasteiger partial charge is 0.263 e. The molecular weight excluding hydrogens is 438 g/mol. The number of rotatable bonds is 4. The van der Waals surface area contributed by atoms with Gasteiger partial charge >= 0.3 is 0 Å². The van der Waals surface area contributed by atoms with Crippen LogP contribution in [-0.4, -0.2) is 36.3 Å². The van der Waals surface area contributed by atoms with Gasteiger partial charge in [-0.1, -0.05) is 52.5 Å². The van der Waals surface area contributed by atoms with Crippen LogP contribution in [0, 0.1) is 0 Å². The van der Waals surface area contributed by atoms with Crippen LogP contribution < -0.4 is 10.1 Å². The molecule has 2 aromatic carbocycles. The number of hydrogen-bond acceptors (Lipinski definition) is 4. The normalized spacial score (nSPS) is 13.0. The summed E-state index contributed by atoms with van der Waals surface area (Å²) < 4.78 is 5.07. The summed E-state index contributed by atoms with van der Waals surface area (Å²) in [6, 6.07) is 6.61. The largest absolute Gasteiger partial charge is 0.497 e. The molecule has 0 fully saturated rings. The number of anilines is 1. The standard InChI is InChI=1S/C17H10Cl4N2O4/c1-27-8-4-2-3-7(5-8)22-9(24)6-23-16(25)10-11(17(23)26)13(19)15(21)14(20)12(10)18/h2-5H,6H2,1H3,(H,22,24). The molecule has 140 valence electrons. The zero-order chi connectivity index (χ0) is 19.9. The fraction of sp³-hybridized carbons (Fsp3) is 0.118. The van der Waals surface area contributed by atoms with Gasteiger partial charge in [-0.25, -0.2) is 0 Å². The Morgan fingerprint density at radius 2 is 1.56 bits per heavy atom. The third-order valence-electron chi connectivity index (χ3n) is 3.84. The van der Waals surface area contributed by atoms with Gasteiger partial charge in [-0.05, 0) is 12.1 Å². The number of ether oxygens (including phenoxy) is 1. The van der Waals surface area contributed by atoms with Gasteiger partial charge in [-0.2, -0.15) is 0 Å². The van der Waals surface area contributed by atoms with Crippen molar-refractivity contribution in [2.24, 2.45) is 0 Å². The first kappa shape index (κ1) is 19.8. The predicted molar refractivity (Wildman–Crippen MR) is 103 cm³/mol. The van der Waals surface area contributed by atoms with Crippen LogP contribution in [0.15, 0.2) is 24.3 Å².